The van der Waals surface area contributed by atoms with E-state index in [2.05, 4.69) is 4.98 Å². The maximum absolute atomic E-state index is 5.60. The summed E-state index contributed by atoms with van der Waals surface area (Å²) in [5, 5.41) is 0. The van der Waals surface area contributed by atoms with Crippen molar-refractivity contribution in [3.8, 4) is 0 Å². The molecular weight excluding hydrogens is 126 g/mol. The Balaban J connectivity index is 2.65. The molecule has 0 aromatic carbocycles. The average molecular weight is 139 g/mol. The SMILES string of the molecule is Cc1nccn1C[C@@H](C)N. The lowest BCUT2D eigenvalue weighted by molar-refractivity contribution is 0.577. The van der Waals surface area contributed by atoms with Crippen molar-refractivity contribution in [2.75, 3.05) is 0 Å². The van der Waals surface area contributed by atoms with Gasteiger partial charge >= 0.3 is 0 Å². The summed E-state index contributed by atoms with van der Waals surface area (Å²) in [5.74, 6) is 1.03. The summed E-state index contributed by atoms with van der Waals surface area (Å²) in [6, 6.07) is 0.202. The summed E-state index contributed by atoms with van der Waals surface area (Å²) >= 11 is 0. The first-order chi connectivity index (χ1) is 4.70. The van der Waals surface area contributed by atoms with Crippen molar-refractivity contribution in [2.24, 2.45) is 5.73 Å². The maximum Gasteiger partial charge on any atom is 0.105 e. The van der Waals surface area contributed by atoms with Crippen LogP contribution in [-0.2, 0) is 6.54 Å². The smallest absolute Gasteiger partial charge is 0.105 e. The molecule has 1 aromatic rings. The Morgan fingerprint density at radius 2 is 2.50 bits per heavy atom. The van der Waals surface area contributed by atoms with Crippen LogP contribution in [0.15, 0.2) is 12.4 Å². The second kappa shape index (κ2) is 2.84. The van der Waals surface area contributed by atoms with Gasteiger partial charge in [-0.25, -0.2) is 4.98 Å². The van der Waals surface area contributed by atoms with E-state index in [0.29, 0.717) is 0 Å². The summed E-state index contributed by atoms with van der Waals surface area (Å²) in [4.78, 5) is 4.08. The molecule has 0 saturated carbocycles. The predicted octanol–water partition coefficient (Wildman–Crippen LogP) is 0.539. The highest BCUT2D eigenvalue weighted by molar-refractivity contribution is 4.88. The fourth-order valence-corrected chi connectivity index (χ4v) is 0.907. The fourth-order valence-electron chi connectivity index (χ4n) is 0.907. The normalized spacial score (nSPS) is 13.5. The van der Waals surface area contributed by atoms with E-state index in [1.54, 1.807) is 6.20 Å². The van der Waals surface area contributed by atoms with Crippen molar-refractivity contribution < 1.29 is 0 Å². The van der Waals surface area contributed by atoms with Crippen LogP contribution in [0, 0.1) is 6.92 Å². The average Bonchev–Trinajstić information content (AvgIpc) is 2.15. The van der Waals surface area contributed by atoms with Gasteiger partial charge in [0.25, 0.3) is 0 Å². The van der Waals surface area contributed by atoms with Gasteiger partial charge in [0.15, 0.2) is 0 Å². The molecule has 3 heteroatoms. The molecule has 0 fully saturated rings. The Hall–Kier alpha value is -0.830. The zero-order valence-electron chi connectivity index (χ0n) is 6.41. The quantitative estimate of drug-likeness (QED) is 0.649. The molecule has 1 rings (SSSR count). The highest BCUT2D eigenvalue weighted by Crippen LogP contribution is 1.95. The first kappa shape index (κ1) is 7.28. The Labute approximate surface area is 60.9 Å². The minimum absolute atomic E-state index is 0.202. The zero-order valence-corrected chi connectivity index (χ0v) is 6.41. The number of nitrogens with two attached hydrogens (primary N) is 1. The molecule has 1 aromatic heterocycles. The van der Waals surface area contributed by atoms with E-state index in [1.165, 1.54) is 0 Å². The summed E-state index contributed by atoms with van der Waals surface area (Å²) in [7, 11) is 0. The van der Waals surface area contributed by atoms with E-state index < -0.39 is 0 Å². The van der Waals surface area contributed by atoms with Crippen molar-refractivity contribution in [3.63, 3.8) is 0 Å². The first-order valence-corrected chi connectivity index (χ1v) is 3.43. The van der Waals surface area contributed by atoms with E-state index >= 15 is 0 Å². The van der Waals surface area contributed by atoms with Crippen molar-refractivity contribution >= 4 is 0 Å². The van der Waals surface area contributed by atoms with E-state index in [1.807, 2.05) is 24.6 Å². The third-order valence-electron chi connectivity index (χ3n) is 1.41. The molecule has 0 spiro atoms. The Bertz CT molecular complexity index is 202. The number of rotatable bonds is 2. The summed E-state index contributed by atoms with van der Waals surface area (Å²) in [5.41, 5.74) is 5.60. The molecule has 0 radical (unpaired) electrons. The van der Waals surface area contributed by atoms with E-state index in [4.69, 9.17) is 5.73 Å². The molecule has 0 aliphatic carbocycles. The van der Waals surface area contributed by atoms with Crippen LogP contribution in [0.2, 0.25) is 0 Å². The standard InChI is InChI=1S/C7H13N3/c1-6(8)5-10-4-3-9-7(10)2/h3-4,6H,5,8H2,1-2H3/t6-/m1/s1. The molecule has 0 saturated heterocycles. The van der Waals surface area contributed by atoms with Crippen molar-refractivity contribution in [1.29, 1.82) is 0 Å². The van der Waals surface area contributed by atoms with Crippen LogP contribution in [0.25, 0.3) is 0 Å². The lowest BCUT2D eigenvalue weighted by Crippen LogP contribution is -2.22. The molecule has 0 aliphatic rings. The lowest BCUT2D eigenvalue weighted by Gasteiger charge is -2.06. The van der Waals surface area contributed by atoms with Gasteiger partial charge in [-0.1, -0.05) is 0 Å². The van der Waals surface area contributed by atoms with Crippen molar-refractivity contribution in [3.05, 3.63) is 18.2 Å². The number of nitrogens with zero attached hydrogens (tertiary/aromatic N) is 2. The van der Waals surface area contributed by atoms with E-state index in [0.717, 1.165) is 12.4 Å². The van der Waals surface area contributed by atoms with Gasteiger partial charge in [0.05, 0.1) is 0 Å². The molecule has 1 atom stereocenters. The molecule has 10 heavy (non-hydrogen) atoms. The minimum atomic E-state index is 0.202. The molecule has 0 unspecified atom stereocenters. The second-order valence-corrected chi connectivity index (χ2v) is 2.60. The first-order valence-electron chi connectivity index (χ1n) is 3.43. The van der Waals surface area contributed by atoms with E-state index in [-0.39, 0.29) is 6.04 Å². The third kappa shape index (κ3) is 1.57. The Kier molecular flexibility index (Phi) is 2.06. The zero-order chi connectivity index (χ0) is 7.56. The molecule has 0 amide bonds. The van der Waals surface area contributed by atoms with Gasteiger partial charge in [-0.3, -0.25) is 0 Å². The lowest BCUT2D eigenvalue weighted by atomic mass is 10.3. The molecule has 1 heterocycles. The summed E-state index contributed by atoms with van der Waals surface area (Å²) in [6.07, 6.45) is 3.73. The molecule has 56 valence electrons. The van der Waals surface area contributed by atoms with Crippen LogP contribution in [-0.4, -0.2) is 15.6 Å². The fraction of sp³-hybridized carbons (Fsp3) is 0.571. The summed E-state index contributed by atoms with van der Waals surface area (Å²) < 4.78 is 2.05. The Morgan fingerprint density at radius 3 is 2.90 bits per heavy atom. The Morgan fingerprint density at radius 1 is 1.80 bits per heavy atom. The molecule has 3 nitrogen and oxygen atoms in total. The van der Waals surface area contributed by atoms with Crippen LogP contribution < -0.4 is 5.73 Å². The number of imidazole rings is 1. The van der Waals surface area contributed by atoms with Gasteiger partial charge in [0, 0.05) is 25.0 Å². The predicted molar refractivity (Wildman–Crippen MR) is 40.6 cm³/mol. The number of hydrogen-bond acceptors (Lipinski definition) is 2. The number of hydrogen-bond donors (Lipinski definition) is 1. The highest BCUT2D eigenvalue weighted by atomic mass is 15.1. The van der Waals surface area contributed by atoms with Gasteiger partial charge in [-0.05, 0) is 13.8 Å². The molecule has 0 aliphatic heterocycles. The number of aromatic nitrogens is 2. The number of aryl methyl sites for hydroxylation is 1. The van der Waals surface area contributed by atoms with Crippen molar-refractivity contribution in [2.45, 2.75) is 26.4 Å². The van der Waals surface area contributed by atoms with Crippen LogP contribution >= 0.6 is 0 Å². The topological polar surface area (TPSA) is 43.8 Å². The van der Waals surface area contributed by atoms with Crippen LogP contribution in [0.3, 0.4) is 0 Å². The van der Waals surface area contributed by atoms with Gasteiger partial charge in [0.1, 0.15) is 5.82 Å². The van der Waals surface area contributed by atoms with Gasteiger partial charge < -0.3 is 10.3 Å². The molecule has 2 N–H and O–H groups in total. The largest absolute Gasteiger partial charge is 0.334 e. The van der Waals surface area contributed by atoms with Crippen molar-refractivity contribution in [1.82, 2.24) is 9.55 Å². The van der Waals surface area contributed by atoms with Crippen LogP contribution in [0.4, 0.5) is 0 Å². The molecule has 0 bridgehead atoms. The van der Waals surface area contributed by atoms with Crippen LogP contribution in [0.5, 0.6) is 0 Å². The monoisotopic (exact) mass is 139 g/mol. The third-order valence-corrected chi connectivity index (χ3v) is 1.41. The molecular formula is C7H13N3. The maximum atomic E-state index is 5.60. The van der Waals surface area contributed by atoms with Gasteiger partial charge in [0.2, 0.25) is 0 Å². The van der Waals surface area contributed by atoms with Gasteiger partial charge in [-0.15, -0.1) is 0 Å². The second-order valence-electron chi connectivity index (χ2n) is 2.60. The highest BCUT2D eigenvalue weighted by Gasteiger charge is 1.98. The van der Waals surface area contributed by atoms with E-state index in [9.17, 15) is 0 Å². The summed E-state index contributed by atoms with van der Waals surface area (Å²) in [6.45, 7) is 4.81. The van der Waals surface area contributed by atoms with Gasteiger partial charge in [-0.2, -0.15) is 0 Å². The van der Waals surface area contributed by atoms with Crippen LogP contribution in [0.1, 0.15) is 12.7 Å². The minimum Gasteiger partial charge on any atom is -0.334 e.